The van der Waals surface area contributed by atoms with E-state index in [-0.39, 0.29) is 10.5 Å². The van der Waals surface area contributed by atoms with Crippen LogP contribution in [0, 0.1) is 6.92 Å². The van der Waals surface area contributed by atoms with Gasteiger partial charge in [0.05, 0.1) is 35.5 Å². The first-order chi connectivity index (χ1) is 13.9. The van der Waals surface area contributed by atoms with Crippen molar-refractivity contribution in [3.05, 3.63) is 71.7 Å². The van der Waals surface area contributed by atoms with Crippen molar-refractivity contribution in [2.24, 2.45) is 0 Å². The molecule has 0 amide bonds. The third kappa shape index (κ3) is 4.55. The molecule has 0 aliphatic heterocycles. The van der Waals surface area contributed by atoms with E-state index in [2.05, 4.69) is 14.7 Å². The van der Waals surface area contributed by atoms with E-state index >= 15 is 0 Å². The molecule has 0 saturated carbocycles. The third-order valence-electron chi connectivity index (χ3n) is 4.61. The van der Waals surface area contributed by atoms with Crippen molar-refractivity contribution >= 4 is 16.0 Å². The Morgan fingerprint density at radius 2 is 1.93 bits per heavy atom. The number of sulfonamides is 1. The lowest BCUT2D eigenvalue weighted by molar-refractivity contribution is 0.0600. The topological polar surface area (TPSA) is 101 Å². The second-order valence-corrected chi connectivity index (χ2v) is 8.28. The minimum atomic E-state index is -3.89. The Bertz CT molecular complexity index is 1110. The van der Waals surface area contributed by atoms with Crippen LogP contribution < -0.4 is 4.72 Å². The van der Waals surface area contributed by atoms with Crippen LogP contribution >= 0.6 is 0 Å². The van der Waals surface area contributed by atoms with Gasteiger partial charge in [0.25, 0.3) is 0 Å². The number of nitrogens with zero attached hydrogens (tertiary/aromatic N) is 1. The molecule has 2 N–H and O–H groups in total. The minimum Gasteiger partial charge on any atom is -0.465 e. The second-order valence-electron chi connectivity index (χ2n) is 6.60. The molecule has 1 unspecified atom stereocenters. The van der Waals surface area contributed by atoms with Gasteiger partial charge >= 0.3 is 5.97 Å². The fraction of sp³-hybridized carbons (Fsp3) is 0.238. The van der Waals surface area contributed by atoms with Crippen LogP contribution in [0.3, 0.4) is 0 Å². The number of carbonyl (C=O) groups excluding carboxylic acids is 1. The van der Waals surface area contributed by atoms with E-state index in [4.69, 9.17) is 4.74 Å². The molecule has 152 valence electrons. The number of imidazole rings is 1. The largest absolute Gasteiger partial charge is 0.465 e. The van der Waals surface area contributed by atoms with Crippen molar-refractivity contribution in [3.63, 3.8) is 0 Å². The smallest absolute Gasteiger partial charge is 0.337 e. The highest BCUT2D eigenvalue weighted by Gasteiger charge is 2.25. The summed E-state index contributed by atoms with van der Waals surface area (Å²) in [6.07, 6.45) is 2.18. The van der Waals surface area contributed by atoms with Gasteiger partial charge < -0.3 is 9.72 Å². The summed E-state index contributed by atoms with van der Waals surface area (Å²) < 4.78 is 33.4. The monoisotopic (exact) mass is 413 g/mol. The Morgan fingerprint density at radius 1 is 1.21 bits per heavy atom. The van der Waals surface area contributed by atoms with E-state index in [1.54, 1.807) is 19.2 Å². The number of carbonyl (C=O) groups is 1. The number of hydrogen-bond donors (Lipinski definition) is 2. The fourth-order valence-electron chi connectivity index (χ4n) is 3.00. The quantitative estimate of drug-likeness (QED) is 0.576. The molecule has 29 heavy (non-hydrogen) atoms. The van der Waals surface area contributed by atoms with Gasteiger partial charge in [0.2, 0.25) is 10.0 Å². The van der Waals surface area contributed by atoms with Crippen molar-refractivity contribution in [1.82, 2.24) is 14.7 Å². The van der Waals surface area contributed by atoms with Gasteiger partial charge in [-0.1, -0.05) is 43.3 Å². The van der Waals surface area contributed by atoms with E-state index in [0.717, 1.165) is 11.3 Å². The van der Waals surface area contributed by atoms with Crippen LogP contribution in [0.2, 0.25) is 0 Å². The predicted octanol–water partition coefficient (Wildman–Crippen LogP) is 3.60. The van der Waals surface area contributed by atoms with Crippen LogP contribution in [0.4, 0.5) is 0 Å². The SMILES string of the molecule is CCC(NS(=O)(=O)c1cc(C(=O)OC)ccc1C)c1ncc(-c2ccccc2)[nH]1. The van der Waals surface area contributed by atoms with Crippen LogP contribution in [0.15, 0.2) is 59.6 Å². The summed E-state index contributed by atoms with van der Waals surface area (Å²) in [4.78, 5) is 19.4. The van der Waals surface area contributed by atoms with Gasteiger partial charge in [-0.25, -0.2) is 22.9 Å². The zero-order valence-electron chi connectivity index (χ0n) is 16.5. The maximum absolute atomic E-state index is 13.0. The summed E-state index contributed by atoms with van der Waals surface area (Å²) in [5.74, 6) is -0.0660. The minimum absolute atomic E-state index is 0.0358. The van der Waals surface area contributed by atoms with Gasteiger partial charge in [0, 0.05) is 0 Å². The Labute approximate surface area is 170 Å². The Balaban J connectivity index is 1.89. The number of methoxy groups -OCH3 is 1. The van der Waals surface area contributed by atoms with E-state index in [0.29, 0.717) is 17.8 Å². The third-order valence-corrected chi connectivity index (χ3v) is 6.23. The lowest BCUT2D eigenvalue weighted by Gasteiger charge is -2.17. The summed E-state index contributed by atoms with van der Waals surface area (Å²) in [6, 6.07) is 13.6. The highest BCUT2D eigenvalue weighted by molar-refractivity contribution is 7.89. The summed E-state index contributed by atoms with van der Waals surface area (Å²) in [6.45, 7) is 3.55. The zero-order valence-corrected chi connectivity index (χ0v) is 17.3. The van der Waals surface area contributed by atoms with Crippen LogP contribution in [-0.4, -0.2) is 31.5 Å². The number of aryl methyl sites for hydroxylation is 1. The zero-order chi connectivity index (χ0) is 21.0. The van der Waals surface area contributed by atoms with Gasteiger partial charge in [-0.05, 0) is 36.6 Å². The Kier molecular flexibility index (Phi) is 6.14. The number of nitrogens with one attached hydrogen (secondary N) is 2. The number of rotatable bonds is 7. The van der Waals surface area contributed by atoms with Gasteiger partial charge in [0.1, 0.15) is 5.82 Å². The second kappa shape index (κ2) is 8.59. The molecule has 0 fully saturated rings. The molecule has 1 aromatic heterocycles. The maximum Gasteiger partial charge on any atom is 0.337 e. The molecule has 0 aliphatic carbocycles. The van der Waals surface area contributed by atoms with E-state index < -0.39 is 22.0 Å². The molecule has 0 bridgehead atoms. The van der Waals surface area contributed by atoms with Crippen molar-refractivity contribution in [1.29, 1.82) is 0 Å². The highest BCUT2D eigenvalue weighted by atomic mass is 32.2. The lowest BCUT2D eigenvalue weighted by atomic mass is 10.1. The number of aromatic nitrogens is 2. The number of H-pyrrole nitrogens is 1. The summed E-state index contributed by atoms with van der Waals surface area (Å²) in [5, 5.41) is 0. The van der Waals surface area contributed by atoms with Gasteiger partial charge in [-0.2, -0.15) is 0 Å². The average Bonchev–Trinajstić information content (AvgIpc) is 3.22. The Morgan fingerprint density at radius 3 is 2.59 bits per heavy atom. The molecule has 0 radical (unpaired) electrons. The number of hydrogen-bond acceptors (Lipinski definition) is 5. The Hall–Kier alpha value is -2.97. The molecular weight excluding hydrogens is 390 g/mol. The summed E-state index contributed by atoms with van der Waals surface area (Å²) in [7, 11) is -2.63. The van der Waals surface area contributed by atoms with Crippen LogP contribution in [-0.2, 0) is 14.8 Å². The van der Waals surface area contributed by atoms with Gasteiger partial charge in [0.15, 0.2) is 0 Å². The van der Waals surface area contributed by atoms with Crippen LogP contribution in [0.5, 0.6) is 0 Å². The van der Waals surface area contributed by atoms with Gasteiger partial charge in [-0.3, -0.25) is 0 Å². The van der Waals surface area contributed by atoms with Crippen LogP contribution in [0.25, 0.3) is 11.3 Å². The van der Waals surface area contributed by atoms with Crippen molar-refractivity contribution in [2.75, 3.05) is 7.11 Å². The molecular formula is C21H23N3O4S. The molecule has 7 nitrogen and oxygen atoms in total. The molecule has 8 heteroatoms. The standard InChI is InChI=1S/C21H23N3O4S/c1-4-17(20-22-13-18(23-20)15-8-6-5-7-9-15)24-29(26,27)19-12-16(21(25)28-3)11-10-14(19)2/h5-13,17,24H,4H2,1-3H3,(H,22,23). The number of aromatic amines is 1. The average molecular weight is 413 g/mol. The molecule has 1 atom stereocenters. The summed E-state index contributed by atoms with van der Waals surface area (Å²) in [5.41, 5.74) is 2.48. The molecule has 0 spiro atoms. The van der Waals surface area contributed by atoms with Crippen molar-refractivity contribution < 1.29 is 17.9 Å². The number of benzene rings is 2. The number of esters is 1. The fourth-order valence-corrected chi connectivity index (χ4v) is 4.55. The van der Waals surface area contributed by atoms with Crippen LogP contribution in [0.1, 0.15) is 41.1 Å². The highest BCUT2D eigenvalue weighted by Crippen LogP contribution is 2.24. The first kappa shape index (κ1) is 20.8. The van der Waals surface area contributed by atoms with Gasteiger partial charge in [-0.15, -0.1) is 0 Å². The molecule has 3 rings (SSSR count). The van der Waals surface area contributed by atoms with Crippen molar-refractivity contribution in [3.8, 4) is 11.3 Å². The van der Waals surface area contributed by atoms with E-state index in [1.807, 2.05) is 37.3 Å². The first-order valence-corrected chi connectivity index (χ1v) is 10.7. The van der Waals surface area contributed by atoms with E-state index in [9.17, 15) is 13.2 Å². The summed E-state index contributed by atoms with van der Waals surface area (Å²) >= 11 is 0. The molecule has 0 aliphatic rings. The predicted molar refractivity (Wildman–Crippen MR) is 110 cm³/mol. The maximum atomic E-state index is 13.0. The lowest BCUT2D eigenvalue weighted by Crippen LogP contribution is -2.29. The first-order valence-electron chi connectivity index (χ1n) is 9.17. The van der Waals surface area contributed by atoms with Crippen molar-refractivity contribution in [2.45, 2.75) is 31.2 Å². The van der Waals surface area contributed by atoms with E-state index in [1.165, 1.54) is 19.2 Å². The molecule has 0 saturated heterocycles. The molecule has 1 heterocycles. The number of ether oxygens (including phenoxy) is 1. The normalized spacial score (nSPS) is 12.5. The molecule has 2 aromatic carbocycles. The molecule has 3 aromatic rings.